The third-order valence-corrected chi connectivity index (χ3v) is 4.40. The zero-order valence-electron chi connectivity index (χ0n) is 15.1. The lowest BCUT2D eigenvalue weighted by Crippen LogP contribution is -2.44. The van der Waals surface area contributed by atoms with Gasteiger partial charge >= 0.3 is 0 Å². The molecule has 0 radical (unpaired) electrons. The number of ether oxygens (including phenoxy) is 1. The average Bonchev–Trinajstić information content (AvgIpc) is 3.14. The molecular weight excluding hydrogens is 334 g/mol. The molecule has 0 fully saturated rings. The van der Waals surface area contributed by atoms with E-state index in [9.17, 15) is 5.11 Å². The van der Waals surface area contributed by atoms with Crippen LogP contribution in [0.15, 0.2) is 46.1 Å². The summed E-state index contributed by atoms with van der Waals surface area (Å²) in [5, 5.41) is 21.0. The van der Waals surface area contributed by atoms with Gasteiger partial charge in [-0.25, -0.2) is 4.99 Å². The molecule has 25 heavy (non-hydrogen) atoms. The summed E-state index contributed by atoms with van der Waals surface area (Å²) in [6.07, 6.45) is 0. The Morgan fingerprint density at radius 2 is 2.12 bits per heavy atom. The molecule has 0 saturated heterocycles. The molecule has 136 valence electrons. The summed E-state index contributed by atoms with van der Waals surface area (Å²) >= 11 is 1.58. The largest absolute Gasteiger partial charge is 0.494 e. The number of rotatable bonds is 8. The van der Waals surface area contributed by atoms with Crippen molar-refractivity contribution >= 4 is 17.3 Å². The molecule has 0 saturated carbocycles. The molecule has 1 aromatic carbocycles. The number of nitrogens with one attached hydrogen (secondary N) is 2. The Morgan fingerprint density at radius 1 is 1.28 bits per heavy atom. The Kier molecular flexibility index (Phi) is 7.28. The molecule has 1 atom stereocenters. The molecule has 0 aliphatic carbocycles. The maximum Gasteiger partial charge on any atom is 0.191 e. The van der Waals surface area contributed by atoms with E-state index in [1.165, 1.54) is 0 Å². The van der Waals surface area contributed by atoms with Crippen molar-refractivity contribution in [2.75, 3.05) is 19.7 Å². The second-order valence-corrected chi connectivity index (χ2v) is 6.70. The summed E-state index contributed by atoms with van der Waals surface area (Å²) in [4.78, 5) is 4.60. The lowest BCUT2D eigenvalue weighted by atomic mass is 9.99. The van der Waals surface area contributed by atoms with Crippen molar-refractivity contribution in [3.63, 3.8) is 0 Å². The molecule has 6 heteroatoms. The van der Waals surface area contributed by atoms with E-state index < -0.39 is 5.60 Å². The van der Waals surface area contributed by atoms with Gasteiger partial charge in [0.25, 0.3) is 0 Å². The Bertz CT molecular complexity index is 669. The van der Waals surface area contributed by atoms with Crippen LogP contribution < -0.4 is 15.4 Å². The zero-order valence-corrected chi connectivity index (χ0v) is 15.9. The number of hydrogen-bond donors (Lipinski definition) is 3. The monoisotopic (exact) mass is 361 g/mol. The average molecular weight is 362 g/mol. The first kappa shape index (κ1) is 19.3. The van der Waals surface area contributed by atoms with E-state index in [2.05, 4.69) is 15.6 Å². The molecule has 1 heterocycles. The molecule has 2 rings (SSSR count). The molecule has 2 aromatic rings. The molecular formula is C19H27N3O2S. The van der Waals surface area contributed by atoms with Gasteiger partial charge in [-0.2, -0.15) is 11.3 Å². The molecule has 0 aliphatic heterocycles. The van der Waals surface area contributed by atoms with Crippen molar-refractivity contribution < 1.29 is 9.84 Å². The van der Waals surface area contributed by atoms with Crippen molar-refractivity contribution in [1.29, 1.82) is 0 Å². The summed E-state index contributed by atoms with van der Waals surface area (Å²) in [5.74, 6) is 1.54. The number of guanidine groups is 1. The Morgan fingerprint density at radius 3 is 2.80 bits per heavy atom. The molecule has 0 bridgehead atoms. The summed E-state index contributed by atoms with van der Waals surface area (Å²) in [6, 6.07) is 9.88. The van der Waals surface area contributed by atoms with Gasteiger partial charge in [-0.05, 0) is 60.9 Å². The predicted octanol–water partition coefficient (Wildman–Crippen LogP) is 3.11. The van der Waals surface area contributed by atoms with Gasteiger partial charge in [0.15, 0.2) is 5.96 Å². The Hall–Kier alpha value is -2.05. The minimum absolute atomic E-state index is 0.383. The second kappa shape index (κ2) is 9.44. The molecule has 0 amide bonds. The summed E-state index contributed by atoms with van der Waals surface area (Å²) < 4.78 is 5.52. The van der Waals surface area contributed by atoms with Gasteiger partial charge in [0, 0.05) is 6.54 Å². The van der Waals surface area contributed by atoms with Gasteiger partial charge < -0.3 is 20.5 Å². The highest BCUT2D eigenvalue weighted by Gasteiger charge is 2.23. The second-order valence-electron chi connectivity index (χ2n) is 5.92. The maximum atomic E-state index is 10.6. The predicted molar refractivity (Wildman–Crippen MR) is 104 cm³/mol. The first-order valence-electron chi connectivity index (χ1n) is 8.54. The van der Waals surface area contributed by atoms with E-state index in [0.717, 1.165) is 23.4 Å². The van der Waals surface area contributed by atoms with Crippen LogP contribution >= 0.6 is 11.3 Å². The van der Waals surface area contributed by atoms with E-state index >= 15 is 0 Å². The van der Waals surface area contributed by atoms with Gasteiger partial charge in [0.05, 0.1) is 19.7 Å². The topological polar surface area (TPSA) is 65.9 Å². The highest BCUT2D eigenvalue weighted by Crippen LogP contribution is 2.22. The van der Waals surface area contributed by atoms with Crippen LogP contribution in [0.2, 0.25) is 0 Å². The van der Waals surface area contributed by atoms with Crippen LogP contribution in [0, 0.1) is 0 Å². The van der Waals surface area contributed by atoms with E-state index in [1.54, 1.807) is 18.3 Å². The molecule has 3 N–H and O–H groups in total. The maximum absolute atomic E-state index is 10.6. The highest BCUT2D eigenvalue weighted by molar-refractivity contribution is 7.08. The van der Waals surface area contributed by atoms with Gasteiger partial charge in [0.2, 0.25) is 0 Å². The molecule has 0 aliphatic rings. The van der Waals surface area contributed by atoms with Gasteiger partial charge in [-0.3, -0.25) is 0 Å². The molecule has 1 unspecified atom stereocenters. The fraction of sp³-hybridized carbons (Fsp3) is 0.421. The lowest BCUT2D eigenvalue weighted by molar-refractivity contribution is 0.0621. The minimum Gasteiger partial charge on any atom is -0.494 e. The van der Waals surface area contributed by atoms with Gasteiger partial charge in [0.1, 0.15) is 11.4 Å². The van der Waals surface area contributed by atoms with E-state index in [0.29, 0.717) is 25.7 Å². The SMILES string of the molecule is CCNC(=NCc1cccc(OCC)c1)NCC(C)(O)c1ccsc1. The van der Waals surface area contributed by atoms with Crippen molar-refractivity contribution in [3.8, 4) is 5.75 Å². The van der Waals surface area contributed by atoms with Crippen LogP contribution in [0.3, 0.4) is 0 Å². The van der Waals surface area contributed by atoms with Crippen molar-refractivity contribution in [3.05, 3.63) is 52.2 Å². The number of hydrogen-bond acceptors (Lipinski definition) is 4. The normalized spacial score (nSPS) is 14.0. The number of benzene rings is 1. The first-order chi connectivity index (χ1) is 12.0. The zero-order chi connectivity index (χ0) is 18.1. The van der Waals surface area contributed by atoms with Crippen LogP contribution in [-0.4, -0.2) is 30.8 Å². The Labute approximate surface area is 153 Å². The third kappa shape index (κ3) is 6.07. The van der Waals surface area contributed by atoms with Gasteiger partial charge in [-0.15, -0.1) is 0 Å². The molecule has 5 nitrogen and oxygen atoms in total. The number of aliphatic imine (C=N–C) groups is 1. The number of thiophene rings is 1. The van der Waals surface area contributed by atoms with E-state index in [-0.39, 0.29) is 0 Å². The summed E-state index contributed by atoms with van der Waals surface area (Å²) in [7, 11) is 0. The minimum atomic E-state index is -0.939. The van der Waals surface area contributed by atoms with Crippen molar-refractivity contribution in [2.24, 2.45) is 4.99 Å². The fourth-order valence-corrected chi connectivity index (χ4v) is 3.12. The standard InChI is InChI=1S/C19H27N3O2S/c1-4-20-18(22-14-19(3,23)16-9-10-25-13-16)21-12-15-7-6-8-17(11-15)24-5-2/h6-11,13,23H,4-5,12,14H2,1-3H3,(H2,20,21,22). The van der Waals surface area contributed by atoms with Crippen LogP contribution in [0.4, 0.5) is 0 Å². The van der Waals surface area contributed by atoms with Gasteiger partial charge in [-0.1, -0.05) is 12.1 Å². The van der Waals surface area contributed by atoms with Crippen LogP contribution in [0.5, 0.6) is 5.75 Å². The van der Waals surface area contributed by atoms with Crippen molar-refractivity contribution in [1.82, 2.24) is 10.6 Å². The van der Waals surface area contributed by atoms with Crippen molar-refractivity contribution in [2.45, 2.75) is 32.9 Å². The lowest BCUT2D eigenvalue weighted by Gasteiger charge is -2.24. The first-order valence-corrected chi connectivity index (χ1v) is 9.48. The van der Waals surface area contributed by atoms with Crippen LogP contribution in [-0.2, 0) is 12.1 Å². The molecule has 1 aromatic heterocycles. The number of nitrogens with zero attached hydrogens (tertiary/aromatic N) is 1. The fourth-order valence-electron chi connectivity index (χ4n) is 2.34. The third-order valence-electron chi connectivity index (χ3n) is 3.72. The van der Waals surface area contributed by atoms with Crippen LogP contribution in [0.25, 0.3) is 0 Å². The highest BCUT2D eigenvalue weighted by atomic mass is 32.1. The van der Waals surface area contributed by atoms with Crippen LogP contribution in [0.1, 0.15) is 31.9 Å². The quantitative estimate of drug-likeness (QED) is 0.499. The number of aliphatic hydroxyl groups is 1. The summed E-state index contributed by atoms with van der Waals surface area (Å²) in [5.41, 5.74) is 1.04. The van der Waals surface area contributed by atoms with E-state index in [1.807, 2.05) is 54.9 Å². The Balaban J connectivity index is 1.99. The summed E-state index contributed by atoms with van der Waals surface area (Å²) in [6.45, 7) is 8.11. The smallest absolute Gasteiger partial charge is 0.191 e. The van der Waals surface area contributed by atoms with E-state index in [4.69, 9.17) is 4.74 Å². The molecule has 0 spiro atoms.